The molecule has 3 nitrogen and oxygen atoms in total. The third-order valence-electron chi connectivity index (χ3n) is 2.60. The standard InChI is InChI=1S/C12H17N3/c1-12(2,13)10-5-3-4-6-11(10)15-8-7-14-9-15/h3-6,9H,7-8,13H2,1-2H3. The topological polar surface area (TPSA) is 41.6 Å². The summed E-state index contributed by atoms with van der Waals surface area (Å²) in [7, 11) is 0. The predicted molar refractivity (Wildman–Crippen MR) is 64.4 cm³/mol. The fourth-order valence-electron chi connectivity index (χ4n) is 1.83. The second-order valence-corrected chi connectivity index (χ2v) is 4.45. The van der Waals surface area contributed by atoms with Crippen molar-refractivity contribution in [1.82, 2.24) is 0 Å². The van der Waals surface area contributed by atoms with E-state index in [1.807, 2.05) is 32.3 Å². The maximum absolute atomic E-state index is 6.15. The summed E-state index contributed by atoms with van der Waals surface area (Å²) in [4.78, 5) is 6.38. The highest BCUT2D eigenvalue weighted by molar-refractivity contribution is 5.82. The molecule has 1 aromatic carbocycles. The van der Waals surface area contributed by atoms with Gasteiger partial charge < -0.3 is 10.6 Å². The van der Waals surface area contributed by atoms with Gasteiger partial charge in [-0.15, -0.1) is 0 Å². The van der Waals surface area contributed by atoms with Gasteiger partial charge in [-0.1, -0.05) is 18.2 Å². The van der Waals surface area contributed by atoms with Gasteiger partial charge in [-0.3, -0.25) is 4.99 Å². The molecule has 0 aliphatic carbocycles. The Balaban J connectivity index is 2.42. The van der Waals surface area contributed by atoms with Crippen LogP contribution in [0.25, 0.3) is 0 Å². The predicted octanol–water partition coefficient (Wildman–Crippen LogP) is 1.73. The van der Waals surface area contributed by atoms with Gasteiger partial charge in [0.1, 0.15) is 0 Å². The third kappa shape index (κ3) is 2.02. The largest absolute Gasteiger partial charge is 0.331 e. The molecule has 1 aromatic rings. The van der Waals surface area contributed by atoms with Gasteiger partial charge in [0, 0.05) is 17.8 Å². The molecular formula is C12H17N3. The molecule has 1 aliphatic heterocycles. The van der Waals surface area contributed by atoms with E-state index < -0.39 is 0 Å². The smallest absolute Gasteiger partial charge is 0.0895 e. The molecule has 0 unspecified atom stereocenters. The lowest BCUT2D eigenvalue weighted by atomic mass is 9.93. The Morgan fingerprint density at radius 1 is 1.33 bits per heavy atom. The minimum atomic E-state index is -0.312. The zero-order valence-corrected chi connectivity index (χ0v) is 9.27. The average Bonchev–Trinajstić information content (AvgIpc) is 2.69. The molecule has 3 heteroatoms. The van der Waals surface area contributed by atoms with Crippen molar-refractivity contribution in [2.75, 3.05) is 18.0 Å². The zero-order valence-electron chi connectivity index (χ0n) is 9.27. The van der Waals surface area contributed by atoms with Gasteiger partial charge >= 0.3 is 0 Å². The number of para-hydroxylation sites is 1. The van der Waals surface area contributed by atoms with Crippen molar-refractivity contribution in [2.45, 2.75) is 19.4 Å². The van der Waals surface area contributed by atoms with Crippen LogP contribution in [-0.4, -0.2) is 19.4 Å². The van der Waals surface area contributed by atoms with Crippen LogP contribution in [0.2, 0.25) is 0 Å². The molecule has 0 radical (unpaired) electrons. The number of nitrogens with zero attached hydrogens (tertiary/aromatic N) is 2. The highest BCUT2D eigenvalue weighted by Gasteiger charge is 2.21. The first-order valence-corrected chi connectivity index (χ1v) is 5.24. The summed E-state index contributed by atoms with van der Waals surface area (Å²) in [6, 6.07) is 8.25. The van der Waals surface area contributed by atoms with E-state index in [4.69, 9.17) is 5.73 Å². The quantitative estimate of drug-likeness (QED) is 0.795. The van der Waals surface area contributed by atoms with Crippen LogP contribution >= 0.6 is 0 Å². The lowest BCUT2D eigenvalue weighted by Crippen LogP contribution is -2.32. The number of hydrogen-bond acceptors (Lipinski definition) is 3. The third-order valence-corrected chi connectivity index (χ3v) is 2.60. The monoisotopic (exact) mass is 203 g/mol. The summed E-state index contributed by atoms with van der Waals surface area (Å²) in [5.41, 5.74) is 8.18. The van der Waals surface area contributed by atoms with Crippen LogP contribution in [0.5, 0.6) is 0 Å². The number of rotatable bonds is 2. The summed E-state index contributed by atoms with van der Waals surface area (Å²) < 4.78 is 0. The van der Waals surface area contributed by atoms with Gasteiger partial charge in [-0.2, -0.15) is 0 Å². The fourth-order valence-corrected chi connectivity index (χ4v) is 1.83. The van der Waals surface area contributed by atoms with Crippen molar-refractivity contribution in [3.8, 4) is 0 Å². The molecular weight excluding hydrogens is 186 g/mol. The van der Waals surface area contributed by atoms with Crippen LogP contribution in [0.4, 0.5) is 5.69 Å². The molecule has 0 aromatic heterocycles. The highest BCUT2D eigenvalue weighted by atomic mass is 15.2. The second-order valence-electron chi connectivity index (χ2n) is 4.45. The van der Waals surface area contributed by atoms with Crippen molar-refractivity contribution in [1.29, 1.82) is 0 Å². The number of nitrogens with two attached hydrogens (primary N) is 1. The molecule has 1 heterocycles. The van der Waals surface area contributed by atoms with Gasteiger partial charge in [0.2, 0.25) is 0 Å². The minimum absolute atomic E-state index is 0.312. The van der Waals surface area contributed by atoms with E-state index in [1.54, 1.807) is 0 Å². The van der Waals surface area contributed by atoms with E-state index in [2.05, 4.69) is 22.0 Å². The van der Waals surface area contributed by atoms with Gasteiger partial charge in [0.25, 0.3) is 0 Å². The Kier molecular flexibility index (Phi) is 2.49. The molecule has 2 rings (SSSR count). The lowest BCUT2D eigenvalue weighted by molar-refractivity contribution is 0.555. The SMILES string of the molecule is CC(C)(N)c1ccccc1N1C=NCC1. The zero-order chi connectivity index (χ0) is 10.9. The first-order valence-electron chi connectivity index (χ1n) is 5.24. The van der Waals surface area contributed by atoms with Gasteiger partial charge in [0.15, 0.2) is 0 Å². The van der Waals surface area contributed by atoms with E-state index in [0.29, 0.717) is 0 Å². The summed E-state index contributed by atoms with van der Waals surface area (Å²) in [6.45, 7) is 5.88. The molecule has 0 spiro atoms. The summed E-state index contributed by atoms with van der Waals surface area (Å²) in [6.07, 6.45) is 1.89. The minimum Gasteiger partial charge on any atom is -0.331 e. The molecule has 0 fully saturated rings. The molecule has 0 bridgehead atoms. The van der Waals surface area contributed by atoms with Crippen LogP contribution in [0.3, 0.4) is 0 Å². The first-order chi connectivity index (χ1) is 7.09. The number of aliphatic imine (C=N–C) groups is 1. The van der Waals surface area contributed by atoms with Crippen molar-refractivity contribution >= 4 is 12.0 Å². The van der Waals surface area contributed by atoms with E-state index >= 15 is 0 Å². The Morgan fingerprint density at radius 3 is 2.67 bits per heavy atom. The van der Waals surface area contributed by atoms with Gasteiger partial charge in [-0.05, 0) is 25.5 Å². The van der Waals surface area contributed by atoms with E-state index in [1.165, 1.54) is 11.3 Å². The van der Waals surface area contributed by atoms with Crippen molar-refractivity contribution in [3.63, 3.8) is 0 Å². The molecule has 0 saturated carbocycles. The molecule has 80 valence electrons. The van der Waals surface area contributed by atoms with Gasteiger partial charge in [0.05, 0.1) is 12.9 Å². The number of hydrogen-bond donors (Lipinski definition) is 1. The van der Waals surface area contributed by atoms with Crippen LogP contribution in [0.1, 0.15) is 19.4 Å². The number of benzene rings is 1. The lowest BCUT2D eigenvalue weighted by Gasteiger charge is -2.26. The van der Waals surface area contributed by atoms with Crippen molar-refractivity contribution in [2.24, 2.45) is 10.7 Å². The molecule has 0 atom stereocenters. The Bertz CT molecular complexity index is 377. The van der Waals surface area contributed by atoms with Crippen LogP contribution < -0.4 is 10.6 Å². The Morgan fingerprint density at radius 2 is 2.07 bits per heavy atom. The van der Waals surface area contributed by atoms with Crippen LogP contribution in [-0.2, 0) is 5.54 Å². The van der Waals surface area contributed by atoms with Crippen molar-refractivity contribution in [3.05, 3.63) is 29.8 Å². The summed E-state index contributed by atoms with van der Waals surface area (Å²) >= 11 is 0. The first kappa shape index (κ1) is 10.2. The molecule has 1 aliphatic rings. The Hall–Kier alpha value is -1.35. The highest BCUT2D eigenvalue weighted by Crippen LogP contribution is 2.28. The van der Waals surface area contributed by atoms with E-state index in [-0.39, 0.29) is 5.54 Å². The maximum Gasteiger partial charge on any atom is 0.0895 e. The van der Waals surface area contributed by atoms with E-state index in [9.17, 15) is 0 Å². The molecule has 0 amide bonds. The molecule has 0 saturated heterocycles. The summed E-state index contributed by atoms with van der Waals surface area (Å²) in [5, 5.41) is 0. The molecule has 2 N–H and O–H groups in total. The Labute approximate surface area is 90.6 Å². The second kappa shape index (κ2) is 3.66. The van der Waals surface area contributed by atoms with Crippen LogP contribution in [0, 0.1) is 0 Å². The summed E-state index contributed by atoms with van der Waals surface area (Å²) in [5.74, 6) is 0. The van der Waals surface area contributed by atoms with Crippen LogP contribution in [0.15, 0.2) is 29.3 Å². The maximum atomic E-state index is 6.15. The fraction of sp³-hybridized carbons (Fsp3) is 0.417. The average molecular weight is 203 g/mol. The molecule has 15 heavy (non-hydrogen) atoms. The number of anilines is 1. The van der Waals surface area contributed by atoms with Crippen molar-refractivity contribution < 1.29 is 0 Å². The van der Waals surface area contributed by atoms with E-state index in [0.717, 1.165) is 13.1 Å². The van der Waals surface area contributed by atoms with Gasteiger partial charge in [-0.25, -0.2) is 0 Å². The normalized spacial score (nSPS) is 16.1.